The average molecular weight is 388 g/mol. The second-order valence-electron chi connectivity index (χ2n) is 8.89. The van der Waals surface area contributed by atoms with E-state index in [4.69, 9.17) is 4.74 Å². The van der Waals surface area contributed by atoms with E-state index in [-0.39, 0.29) is 36.0 Å². The van der Waals surface area contributed by atoms with E-state index >= 15 is 0 Å². The van der Waals surface area contributed by atoms with Crippen molar-refractivity contribution in [3.8, 4) is 0 Å². The van der Waals surface area contributed by atoms with Crippen molar-refractivity contribution in [3.05, 3.63) is 27.9 Å². The molecule has 1 N–H and O–H groups in total. The van der Waals surface area contributed by atoms with Gasteiger partial charge in [0.25, 0.3) is 5.91 Å². The SMILES string of the molecule is CC(C)Cc1cc(C(=O)N2CC[C@@]34OC[C@@H](C(C)C)N3C(=O)C[C@@H]24)nc(=O)[nH]1. The second kappa shape index (κ2) is 6.69. The quantitative estimate of drug-likeness (QED) is 0.835. The molecule has 0 aromatic carbocycles. The smallest absolute Gasteiger partial charge is 0.345 e. The lowest BCUT2D eigenvalue weighted by Crippen LogP contribution is -2.51. The molecule has 3 aliphatic heterocycles. The van der Waals surface area contributed by atoms with Crippen LogP contribution in [-0.4, -0.2) is 62.5 Å². The summed E-state index contributed by atoms with van der Waals surface area (Å²) < 4.78 is 6.17. The van der Waals surface area contributed by atoms with Gasteiger partial charge >= 0.3 is 5.69 Å². The summed E-state index contributed by atoms with van der Waals surface area (Å²) in [5.41, 5.74) is -0.394. The Morgan fingerprint density at radius 3 is 2.79 bits per heavy atom. The molecule has 0 radical (unpaired) electrons. The maximum Gasteiger partial charge on any atom is 0.345 e. The Hall–Kier alpha value is -2.22. The predicted molar refractivity (Wildman–Crippen MR) is 102 cm³/mol. The molecule has 0 unspecified atom stereocenters. The summed E-state index contributed by atoms with van der Waals surface area (Å²) in [6.07, 6.45) is 1.52. The van der Waals surface area contributed by atoms with Crippen LogP contribution in [0.2, 0.25) is 0 Å². The third-order valence-corrected chi connectivity index (χ3v) is 6.17. The van der Waals surface area contributed by atoms with Crippen molar-refractivity contribution in [2.75, 3.05) is 13.2 Å². The van der Waals surface area contributed by atoms with Gasteiger partial charge in [0.15, 0.2) is 5.72 Å². The van der Waals surface area contributed by atoms with Gasteiger partial charge in [-0.1, -0.05) is 27.7 Å². The number of carbonyl (C=O) groups is 2. The molecule has 28 heavy (non-hydrogen) atoms. The van der Waals surface area contributed by atoms with Crippen LogP contribution in [0.3, 0.4) is 0 Å². The zero-order chi connectivity index (χ0) is 20.2. The number of aromatic amines is 1. The number of hydrogen-bond acceptors (Lipinski definition) is 5. The molecule has 0 bridgehead atoms. The van der Waals surface area contributed by atoms with E-state index in [0.29, 0.717) is 43.5 Å². The molecule has 1 aromatic heterocycles. The second-order valence-corrected chi connectivity index (χ2v) is 8.89. The highest BCUT2D eigenvalue weighted by molar-refractivity contribution is 5.94. The largest absolute Gasteiger partial charge is 0.351 e. The topological polar surface area (TPSA) is 95.6 Å². The Bertz CT molecular complexity index is 864. The molecule has 1 spiro atoms. The third-order valence-electron chi connectivity index (χ3n) is 6.17. The van der Waals surface area contributed by atoms with Crippen molar-refractivity contribution in [2.24, 2.45) is 11.8 Å². The van der Waals surface area contributed by atoms with E-state index < -0.39 is 11.4 Å². The van der Waals surface area contributed by atoms with E-state index in [2.05, 4.69) is 23.8 Å². The fourth-order valence-corrected chi connectivity index (χ4v) is 4.93. The number of rotatable bonds is 4. The minimum absolute atomic E-state index is 0.0399. The Balaban J connectivity index is 1.62. The fourth-order valence-electron chi connectivity index (χ4n) is 4.93. The molecule has 4 rings (SSSR count). The molecule has 152 valence electrons. The van der Waals surface area contributed by atoms with Crippen molar-refractivity contribution < 1.29 is 14.3 Å². The zero-order valence-electron chi connectivity index (χ0n) is 16.9. The molecule has 0 saturated carbocycles. The Morgan fingerprint density at radius 1 is 1.36 bits per heavy atom. The van der Waals surface area contributed by atoms with Gasteiger partial charge in [-0.05, 0) is 24.3 Å². The lowest BCUT2D eigenvalue weighted by atomic mass is 10.0. The Morgan fingerprint density at radius 2 is 2.11 bits per heavy atom. The minimum atomic E-state index is -0.719. The molecule has 8 nitrogen and oxygen atoms in total. The number of hydrogen-bond donors (Lipinski definition) is 1. The predicted octanol–water partition coefficient (Wildman–Crippen LogP) is 1.17. The maximum absolute atomic E-state index is 13.2. The van der Waals surface area contributed by atoms with Crippen molar-refractivity contribution in [2.45, 2.75) is 64.8 Å². The van der Waals surface area contributed by atoms with E-state index in [9.17, 15) is 14.4 Å². The molecule has 3 aliphatic rings. The van der Waals surface area contributed by atoms with Crippen LogP contribution < -0.4 is 5.69 Å². The average Bonchev–Trinajstić information content (AvgIpc) is 3.22. The molecule has 3 saturated heterocycles. The molecule has 3 fully saturated rings. The van der Waals surface area contributed by atoms with Crippen LogP contribution in [0.15, 0.2) is 10.9 Å². The summed E-state index contributed by atoms with van der Waals surface area (Å²) in [5.74, 6) is 0.374. The van der Waals surface area contributed by atoms with Gasteiger partial charge in [-0.25, -0.2) is 4.79 Å². The van der Waals surface area contributed by atoms with E-state index in [1.54, 1.807) is 11.0 Å². The maximum atomic E-state index is 13.2. The summed E-state index contributed by atoms with van der Waals surface area (Å²) in [7, 11) is 0. The molecule has 4 heterocycles. The number of carbonyl (C=O) groups excluding carboxylic acids is 2. The van der Waals surface area contributed by atoms with Gasteiger partial charge < -0.3 is 19.5 Å². The van der Waals surface area contributed by atoms with Gasteiger partial charge in [-0.3, -0.25) is 9.59 Å². The van der Waals surface area contributed by atoms with Crippen LogP contribution >= 0.6 is 0 Å². The normalized spacial score (nSPS) is 29.1. The highest BCUT2D eigenvalue weighted by atomic mass is 16.5. The van der Waals surface area contributed by atoms with Gasteiger partial charge in [0.05, 0.1) is 25.1 Å². The molecule has 8 heteroatoms. The van der Waals surface area contributed by atoms with Crippen LogP contribution in [0, 0.1) is 11.8 Å². The standard InChI is InChI=1S/C20H28N4O4/c1-11(2)7-13-8-14(22-19(27)21-13)18(26)23-6-5-20-16(23)9-17(25)24(20)15(10-28-20)12(3)4/h8,11-12,15-16H,5-7,9-10H2,1-4H3,(H,21,22,27)/t15-,16+,20-/m0/s1. The molecular formula is C20H28N4O4. The monoisotopic (exact) mass is 388 g/mol. The summed E-state index contributed by atoms with van der Waals surface area (Å²) in [6.45, 7) is 9.26. The number of ether oxygens (including phenoxy) is 1. The molecule has 1 aromatic rings. The molecule has 2 amide bonds. The van der Waals surface area contributed by atoms with Gasteiger partial charge in [0, 0.05) is 18.7 Å². The van der Waals surface area contributed by atoms with Crippen molar-refractivity contribution in [3.63, 3.8) is 0 Å². The Kier molecular flexibility index (Phi) is 4.56. The molecular weight excluding hydrogens is 360 g/mol. The Labute approximate surface area is 164 Å². The zero-order valence-corrected chi connectivity index (χ0v) is 16.9. The number of aromatic nitrogens is 2. The van der Waals surface area contributed by atoms with Crippen molar-refractivity contribution in [1.29, 1.82) is 0 Å². The molecule has 0 aliphatic carbocycles. The van der Waals surface area contributed by atoms with Crippen molar-refractivity contribution >= 4 is 11.8 Å². The first-order chi connectivity index (χ1) is 13.2. The number of nitrogens with zero attached hydrogens (tertiary/aromatic N) is 3. The fraction of sp³-hybridized carbons (Fsp3) is 0.700. The number of H-pyrrole nitrogens is 1. The molecule has 3 atom stereocenters. The highest BCUT2D eigenvalue weighted by Crippen LogP contribution is 2.49. The van der Waals surface area contributed by atoms with Crippen LogP contribution in [0.4, 0.5) is 0 Å². The first kappa shape index (κ1) is 19.1. The van der Waals surface area contributed by atoms with Crippen LogP contribution in [-0.2, 0) is 16.0 Å². The van der Waals surface area contributed by atoms with Crippen LogP contribution in [0.25, 0.3) is 0 Å². The third kappa shape index (κ3) is 2.85. The van der Waals surface area contributed by atoms with Gasteiger partial charge in [-0.15, -0.1) is 0 Å². The van der Waals surface area contributed by atoms with Crippen LogP contribution in [0.5, 0.6) is 0 Å². The summed E-state index contributed by atoms with van der Waals surface area (Å²) in [5, 5.41) is 0. The number of nitrogens with one attached hydrogen (secondary N) is 1. The summed E-state index contributed by atoms with van der Waals surface area (Å²) in [4.78, 5) is 48.1. The van der Waals surface area contributed by atoms with E-state index in [1.165, 1.54) is 0 Å². The number of likely N-dealkylation sites (tertiary alicyclic amines) is 1. The summed E-state index contributed by atoms with van der Waals surface area (Å²) in [6, 6.07) is 1.38. The number of amides is 2. The first-order valence-corrected chi connectivity index (χ1v) is 10.1. The minimum Gasteiger partial charge on any atom is -0.351 e. The lowest BCUT2D eigenvalue weighted by Gasteiger charge is -2.34. The van der Waals surface area contributed by atoms with Gasteiger partial charge in [0.2, 0.25) is 5.91 Å². The van der Waals surface area contributed by atoms with E-state index in [1.807, 2.05) is 18.7 Å². The van der Waals surface area contributed by atoms with Gasteiger partial charge in [0.1, 0.15) is 5.69 Å². The van der Waals surface area contributed by atoms with Gasteiger partial charge in [-0.2, -0.15) is 4.98 Å². The lowest BCUT2D eigenvalue weighted by molar-refractivity contribution is -0.139. The highest BCUT2D eigenvalue weighted by Gasteiger charge is 2.65. The van der Waals surface area contributed by atoms with Crippen LogP contribution in [0.1, 0.15) is 56.7 Å². The summed E-state index contributed by atoms with van der Waals surface area (Å²) >= 11 is 0. The first-order valence-electron chi connectivity index (χ1n) is 10.1. The van der Waals surface area contributed by atoms with E-state index in [0.717, 1.165) is 0 Å². The van der Waals surface area contributed by atoms with Crippen molar-refractivity contribution in [1.82, 2.24) is 19.8 Å².